The van der Waals surface area contributed by atoms with Crippen LogP contribution in [0.2, 0.25) is 0 Å². The summed E-state index contributed by atoms with van der Waals surface area (Å²) < 4.78 is 0. The summed E-state index contributed by atoms with van der Waals surface area (Å²) >= 11 is 0. The molecule has 1 aromatic rings. The first-order valence-electron chi connectivity index (χ1n) is 13.5. The van der Waals surface area contributed by atoms with Gasteiger partial charge < -0.3 is 10.6 Å². The van der Waals surface area contributed by atoms with E-state index in [1.165, 1.54) is 37.7 Å². The molecule has 4 aliphatic rings. The highest BCUT2D eigenvalue weighted by molar-refractivity contribution is 5.93. The molecule has 3 aliphatic carbocycles. The minimum atomic E-state index is 0.105. The maximum absolute atomic E-state index is 13.5. The minimum absolute atomic E-state index is 0.105. The molecule has 2 N–H and O–H groups in total. The molecule has 0 spiro atoms. The number of hydrogen-bond acceptors (Lipinski definition) is 2. The molecule has 7 atom stereocenters. The summed E-state index contributed by atoms with van der Waals surface area (Å²) in [7, 11) is 0. The van der Waals surface area contributed by atoms with Gasteiger partial charge in [-0.3, -0.25) is 9.59 Å². The zero-order valence-corrected chi connectivity index (χ0v) is 20.8. The monoisotopic (exact) mass is 450 g/mol. The summed E-state index contributed by atoms with van der Waals surface area (Å²) in [6.45, 7) is 7.08. The van der Waals surface area contributed by atoms with Crippen LogP contribution in [-0.2, 0) is 16.0 Å². The Hall–Kier alpha value is -1.84. The summed E-state index contributed by atoms with van der Waals surface area (Å²) in [6.07, 6.45) is 12.1. The number of aryl methyl sites for hydroxylation is 1. The number of hydrogen-bond donors (Lipinski definition) is 2. The van der Waals surface area contributed by atoms with Crippen molar-refractivity contribution in [2.45, 2.75) is 97.4 Å². The van der Waals surface area contributed by atoms with Crippen LogP contribution in [0.1, 0.15) is 90.5 Å². The predicted molar refractivity (Wildman–Crippen MR) is 133 cm³/mol. The van der Waals surface area contributed by atoms with Crippen LogP contribution in [0, 0.1) is 34.5 Å². The van der Waals surface area contributed by atoms with Gasteiger partial charge in [0, 0.05) is 24.1 Å². The zero-order chi connectivity index (χ0) is 23.2. The molecule has 0 radical (unpaired) electrons. The van der Waals surface area contributed by atoms with Crippen LogP contribution < -0.4 is 10.6 Å². The van der Waals surface area contributed by atoms with E-state index in [1.807, 2.05) is 0 Å². The van der Waals surface area contributed by atoms with E-state index in [1.54, 1.807) is 0 Å². The number of unbranched alkanes of at least 4 members (excludes halogenated alkanes) is 1. The lowest BCUT2D eigenvalue weighted by Crippen LogP contribution is -2.61. The van der Waals surface area contributed by atoms with Gasteiger partial charge in [0.1, 0.15) is 0 Å². The lowest BCUT2D eigenvalue weighted by Gasteiger charge is -2.60. The van der Waals surface area contributed by atoms with Crippen molar-refractivity contribution in [3.05, 3.63) is 29.8 Å². The summed E-state index contributed by atoms with van der Waals surface area (Å²) in [6, 6.07) is 8.84. The van der Waals surface area contributed by atoms with Gasteiger partial charge in [0.25, 0.3) is 0 Å². The van der Waals surface area contributed by atoms with E-state index >= 15 is 0 Å². The fourth-order valence-corrected chi connectivity index (χ4v) is 8.50. The molecule has 33 heavy (non-hydrogen) atoms. The van der Waals surface area contributed by atoms with E-state index in [4.69, 9.17) is 0 Å². The van der Waals surface area contributed by atoms with Gasteiger partial charge in [0.15, 0.2) is 0 Å². The van der Waals surface area contributed by atoms with Gasteiger partial charge in [-0.05, 0) is 104 Å². The topological polar surface area (TPSA) is 58.2 Å². The molecule has 0 aromatic heterocycles. The van der Waals surface area contributed by atoms with Crippen molar-refractivity contribution in [2.24, 2.45) is 34.5 Å². The molecule has 1 aliphatic heterocycles. The molecule has 5 rings (SSSR count). The summed E-state index contributed by atoms with van der Waals surface area (Å²) in [5.41, 5.74) is 2.63. The van der Waals surface area contributed by atoms with Crippen LogP contribution in [0.5, 0.6) is 0 Å². The fraction of sp³-hybridized carbons (Fsp3) is 0.724. The van der Waals surface area contributed by atoms with Crippen LogP contribution in [0.3, 0.4) is 0 Å². The maximum atomic E-state index is 13.5. The van der Waals surface area contributed by atoms with Crippen molar-refractivity contribution in [1.29, 1.82) is 0 Å². The summed E-state index contributed by atoms with van der Waals surface area (Å²) in [5, 5.41) is 6.60. The number of anilines is 1. The Morgan fingerprint density at radius 3 is 2.52 bits per heavy atom. The second kappa shape index (κ2) is 8.74. The molecule has 2 amide bonds. The van der Waals surface area contributed by atoms with E-state index < -0.39 is 0 Å². The van der Waals surface area contributed by atoms with E-state index in [0.717, 1.165) is 37.8 Å². The average Bonchev–Trinajstić information content (AvgIpc) is 3.16. The third-order valence-corrected chi connectivity index (χ3v) is 10.5. The lowest BCUT2D eigenvalue weighted by molar-refractivity contribution is -0.140. The van der Waals surface area contributed by atoms with Crippen molar-refractivity contribution in [1.82, 2.24) is 5.32 Å². The van der Waals surface area contributed by atoms with Crippen molar-refractivity contribution in [3.8, 4) is 0 Å². The second-order valence-corrected chi connectivity index (χ2v) is 12.0. The van der Waals surface area contributed by atoms with Crippen molar-refractivity contribution >= 4 is 17.5 Å². The zero-order valence-electron chi connectivity index (χ0n) is 20.8. The number of nitrogens with one attached hydrogen (secondary N) is 2. The first kappa shape index (κ1) is 22.9. The number of piperidine rings is 1. The molecule has 4 fully saturated rings. The van der Waals surface area contributed by atoms with Crippen molar-refractivity contribution in [3.63, 3.8) is 0 Å². The Labute approximate surface area is 199 Å². The van der Waals surface area contributed by atoms with Gasteiger partial charge in [0.05, 0.1) is 0 Å². The highest BCUT2D eigenvalue weighted by atomic mass is 16.2. The van der Waals surface area contributed by atoms with Crippen LogP contribution >= 0.6 is 0 Å². The molecular formula is C29H42N2O2. The first-order valence-corrected chi connectivity index (χ1v) is 13.5. The Balaban J connectivity index is 1.28. The average molecular weight is 451 g/mol. The molecule has 4 nitrogen and oxygen atoms in total. The summed E-state index contributed by atoms with van der Waals surface area (Å²) in [5.74, 6) is 2.61. The van der Waals surface area contributed by atoms with Gasteiger partial charge in [0.2, 0.25) is 11.8 Å². The molecular weight excluding hydrogens is 408 g/mol. The van der Waals surface area contributed by atoms with Crippen LogP contribution in [0.15, 0.2) is 24.3 Å². The quantitative estimate of drug-likeness (QED) is 0.569. The normalized spacial score (nSPS) is 39.7. The molecule has 3 saturated carbocycles. The number of carbonyl (C=O) groups is 2. The number of benzene rings is 1. The number of rotatable bonds is 5. The van der Waals surface area contributed by atoms with E-state index in [0.29, 0.717) is 30.2 Å². The Kier molecular flexibility index (Phi) is 6.07. The molecule has 1 saturated heterocycles. The summed E-state index contributed by atoms with van der Waals surface area (Å²) in [4.78, 5) is 25.5. The predicted octanol–water partition coefficient (Wildman–Crippen LogP) is 6.11. The molecule has 180 valence electrons. The fourth-order valence-electron chi connectivity index (χ4n) is 8.50. The molecule has 4 heteroatoms. The number of carbonyl (C=O) groups excluding carboxylic acids is 2. The Morgan fingerprint density at radius 1 is 1.00 bits per heavy atom. The highest BCUT2D eigenvalue weighted by Crippen LogP contribution is 2.65. The van der Waals surface area contributed by atoms with E-state index in [2.05, 4.69) is 55.7 Å². The van der Waals surface area contributed by atoms with Crippen molar-refractivity contribution in [2.75, 3.05) is 5.32 Å². The van der Waals surface area contributed by atoms with Gasteiger partial charge in [-0.25, -0.2) is 0 Å². The second-order valence-electron chi connectivity index (χ2n) is 12.0. The Morgan fingerprint density at radius 2 is 1.76 bits per heavy atom. The highest BCUT2D eigenvalue weighted by Gasteiger charge is 2.61. The maximum Gasteiger partial charge on any atom is 0.228 e. The van der Waals surface area contributed by atoms with Crippen LogP contribution in [-0.4, -0.2) is 17.9 Å². The number of fused-ring (bicyclic) bond motifs is 5. The van der Waals surface area contributed by atoms with Crippen molar-refractivity contribution < 1.29 is 9.59 Å². The van der Waals surface area contributed by atoms with Gasteiger partial charge in [-0.2, -0.15) is 0 Å². The van der Waals surface area contributed by atoms with Gasteiger partial charge in [-0.15, -0.1) is 0 Å². The SMILES string of the molecule is CCCCc1ccc(NC(=O)[C@H]2CC[C@H]3[C@@H]4CC[C@H]5NC(=O)CC[C@]5(C)[C@H]4CC[C@]23C)cc1. The molecule has 0 unspecified atom stereocenters. The smallest absolute Gasteiger partial charge is 0.228 e. The van der Waals surface area contributed by atoms with Crippen LogP contribution in [0.25, 0.3) is 0 Å². The third-order valence-electron chi connectivity index (χ3n) is 10.5. The molecule has 1 heterocycles. The number of amides is 2. The molecule has 0 bridgehead atoms. The Bertz CT molecular complexity index is 895. The first-order chi connectivity index (χ1) is 15.8. The van der Waals surface area contributed by atoms with Crippen LogP contribution in [0.4, 0.5) is 5.69 Å². The molecule has 1 aromatic carbocycles. The minimum Gasteiger partial charge on any atom is -0.353 e. The largest absolute Gasteiger partial charge is 0.353 e. The third kappa shape index (κ3) is 3.91. The standard InChI is InChI=1S/C29H42N2O2/c1-4-5-6-19-7-9-20(10-8-19)30-27(33)24-13-12-22-21-11-14-25-29(3,18-16-26(32)31-25)23(21)15-17-28(22,24)2/h7-10,21-25H,4-6,11-18H2,1-3H3,(H,30,33)(H,31,32)/t21-,22-,23-,24+,25+,28-,29+/m0/s1. The van der Waals surface area contributed by atoms with E-state index in [9.17, 15) is 9.59 Å². The lowest BCUT2D eigenvalue weighted by atomic mass is 9.47. The van der Waals surface area contributed by atoms with Gasteiger partial charge in [-0.1, -0.05) is 39.3 Å². The van der Waals surface area contributed by atoms with E-state index in [-0.39, 0.29) is 28.6 Å². The van der Waals surface area contributed by atoms with Gasteiger partial charge >= 0.3 is 0 Å².